The molecule has 2 bridgehead atoms. The quantitative estimate of drug-likeness (QED) is 0.0384. The maximum atomic E-state index is 13.8. The molecular formula is C31H55BN6O6. The van der Waals surface area contributed by atoms with Gasteiger partial charge in [-0.15, -0.1) is 0 Å². The smallest absolute Gasteiger partial charge is 0.404 e. The van der Waals surface area contributed by atoms with Crippen LogP contribution < -0.4 is 21.8 Å². The van der Waals surface area contributed by atoms with E-state index < -0.39 is 23.8 Å². The molecule has 1 heterocycles. The zero-order chi connectivity index (χ0) is 32.8. The Labute approximate surface area is 263 Å². The van der Waals surface area contributed by atoms with E-state index in [1.54, 1.807) is 0 Å². The van der Waals surface area contributed by atoms with Gasteiger partial charge in [-0.05, 0) is 94.8 Å². The van der Waals surface area contributed by atoms with Crippen molar-refractivity contribution in [3.63, 3.8) is 0 Å². The number of carbonyl (C=O) groups excluding carboxylic acids is 2. The average Bonchev–Trinajstić information content (AvgIpc) is 3.26. The molecule has 0 spiro atoms. The summed E-state index contributed by atoms with van der Waals surface area (Å²) in [6.07, 6.45) is 7.67. The van der Waals surface area contributed by atoms with Crippen LogP contribution in [0.2, 0.25) is 0 Å². The predicted octanol–water partition coefficient (Wildman–Crippen LogP) is 3.92. The number of nitrogens with zero attached hydrogens (tertiary/aromatic N) is 2. The first-order valence-electron chi connectivity index (χ1n) is 16.3. The van der Waals surface area contributed by atoms with Crippen LogP contribution in [-0.4, -0.2) is 60.2 Å². The molecule has 4 rings (SSSR count). The van der Waals surface area contributed by atoms with E-state index >= 15 is 0 Å². The average molecular weight is 619 g/mol. The molecule has 1 aliphatic heterocycles. The van der Waals surface area contributed by atoms with Crippen molar-refractivity contribution in [2.75, 3.05) is 6.54 Å². The molecule has 3 aliphatic carbocycles. The van der Waals surface area contributed by atoms with Crippen molar-refractivity contribution < 1.29 is 23.9 Å². The molecule has 2 amide bonds. The summed E-state index contributed by atoms with van der Waals surface area (Å²) in [5.74, 6) is 0.254. The number of allylic oxidation sites excluding steroid dienone is 2. The molecule has 12 nitrogen and oxygen atoms in total. The van der Waals surface area contributed by atoms with Crippen molar-refractivity contribution >= 4 is 24.9 Å². The van der Waals surface area contributed by atoms with E-state index in [0.29, 0.717) is 31.1 Å². The minimum absolute atomic E-state index is 0.00439. The van der Waals surface area contributed by atoms with Gasteiger partial charge in [0.15, 0.2) is 5.03 Å². The summed E-state index contributed by atoms with van der Waals surface area (Å²) >= 11 is 0. The third-order valence-corrected chi connectivity index (χ3v) is 9.89. The summed E-state index contributed by atoms with van der Waals surface area (Å²) in [6.45, 7) is 17.3. The summed E-state index contributed by atoms with van der Waals surface area (Å²) in [5, 5.41) is 15.9. The van der Waals surface area contributed by atoms with Gasteiger partial charge in [0.1, 0.15) is 6.04 Å². The monoisotopic (exact) mass is 618 g/mol. The number of guanidine groups is 1. The molecule has 0 aromatic rings. The van der Waals surface area contributed by atoms with Gasteiger partial charge in [-0.2, -0.15) is 0 Å². The fourth-order valence-corrected chi connectivity index (χ4v) is 7.32. The molecule has 13 heteroatoms. The van der Waals surface area contributed by atoms with E-state index in [4.69, 9.17) is 15.0 Å². The van der Waals surface area contributed by atoms with E-state index in [9.17, 15) is 19.7 Å². The zero-order valence-corrected chi connectivity index (χ0v) is 28.0. The van der Waals surface area contributed by atoms with Crippen molar-refractivity contribution in [2.24, 2.45) is 39.8 Å². The Hall–Kier alpha value is -2.67. The van der Waals surface area contributed by atoms with Gasteiger partial charge in [0.05, 0.1) is 17.6 Å². The Morgan fingerprint density at radius 3 is 2.48 bits per heavy atom. The number of hydrogen-bond donors (Lipinski definition) is 4. The number of aliphatic imine (C=N–C) groups is 1. The van der Waals surface area contributed by atoms with Gasteiger partial charge in [0.2, 0.25) is 11.8 Å². The Morgan fingerprint density at radius 1 is 1.16 bits per heavy atom. The normalized spacial score (nSPS) is 27.4. The molecule has 248 valence electrons. The van der Waals surface area contributed by atoms with Crippen LogP contribution in [0.1, 0.15) is 107 Å². The standard InChI is InChI=1S/C31H55BN6O6/c1-19(2)11-9-12-21(5)16-27(39)35-23(13-10-14-34-29(33)37-38(41)42)28(40)36-26(15-20(3)4)32-43-25-18-22-17-24(30(22,6)7)31(25,8)44-32/h11,20-26H,9-10,12-18H2,1-8H3,(H,35,39)(H,36,40)(H3,33,34,37)/t21-,22-,23+,24-,25-,26+,31+/m1/s1. The number of nitro groups is 1. The fraction of sp³-hybridized carbons (Fsp3) is 0.839. The zero-order valence-electron chi connectivity index (χ0n) is 28.0. The van der Waals surface area contributed by atoms with Crippen LogP contribution in [-0.2, 0) is 18.9 Å². The highest BCUT2D eigenvalue weighted by Gasteiger charge is 2.68. The summed E-state index contributed by atoms with van der Waals surface area (Å²) in [4.78, 5) is 41.4. The van der Waals surface area contributed by atoms with Crippen molar-refractivity contribution in [1.29, 1.82) is 0 Å². The lowest BCUT2D eigenvalue weighted by atomic mass is 9.43. The van der Waals surface area contributed by atoms with Gasteiger partial charge in [-0.25, -0.2) is 15.1 Å². The summed E-state index contributed by atoms with van der Waals surface area (Å²) < 4.78 is 13.2. The first kappa shape index (κ1) is 35.8. The number of rotatable bonds is 16. The highest BCUT2D eigenvalue weighted by atomic mass is 16.7. The van der Waals surface area contributed by atoms with Crippen LogP contribution in [0.5, 0.6) is 0 Å². The summed E-state index contributed by atoms with van der Waals surface area (Å²) in [7, 11) is -0.574. The lowest BCUT2D eigenvalue weighted by molar-refractivity contribution is -0.525. The number of carbonyl (C=O) groups is 2. The number of amides is 2. The predicted molar refractivity (Wildman–Crippen MR) is 172 cm³/mol. The third-order valence-electron chi connectivity index (χ3n) is 9.89. The topological polar surface area (TPSA) is 170 Å². The highest BCUT2D eigenvalue weighted by Crippen LogP contribution is 2.65. The Bertz CT molecular complexity index is 1100. The molecule has 4 fully saturated rings. The Balaban J connectivity index is 1.69. The number of hydrazine groups is 1. The highest BCUT2D eigenvalue weighted by molar-refractivity contribution is 6.48. The number of nitrogens with one attached hydrogen (secondary N) is 3. The van der Waals surface area contributed by atoms with Crippen molar-refractivity contribution in [3.05, 3.63) is 21.8 Å². The van der Waals surface area contributed by atoms with Gasteiger partial charge >= 0.3 is 7.12 Å². The molecule has 44 heavy (non-hydrogen) atoms. The second-order valence-corrected chi connectivity index (χ2v) is 14.6. The maximum absolute atomic E-state index is 13.8. The number of nitrogens with two attached hydrogens (primary N) is 1. The van der Waals surface area contributed by atoms with Gasteiger partial charge in [-0.3, -0.25) is 9.59 Å². The van der Waals surface area contributed by atoms with E-state index in [0.717, 1.165) is 25.7 Å². The van der Waals surface area contributed by atoms with Gasteiger partial charge in [0.25, 0.3) is 5.96 Å². The second kappa shape index (κ2) is 15.1. The van der Waals surface area contributed by atoms with Gasteiger partial charge in [-0.1, -0.05) is 51.7 Å². The van der Waals surface area contributed by atoms with E-state index in [1.165, 1.54) is 5.57 Å². The van der Waals surface area contributed by atoms with E-state index in [1.807, 2.05) is 12.3 Å². The third kappa shape index (κ3) is 9.18. The van der Waals surface area contributed by atoms with Crippen LogP contribution in [0.15, 0.2) is 16.6 Å². The molecule has 7 atom stereocenters. The first-order chi connectivity index (χ1) is 20.5. The molecule has 5 N–H and O–H groups in total. The lowest BCUT2D eigenvalue weighted by Gasteiger charge is -2.64. The van der Waals surface area contributed by atoms with Crippen molar-refractivity contribution in [3.8, 4) is 0 Å². The first-order valence-corrected chi connectivity index (χ1v) is 16.3. The molecule has 4 aliphatic rings. The molecule has 3 saturated carbocycles. The summed E-state index contributed by atoms with van der Waals surface area (Å²) in [5.41, 5.74) is 8.40. The molecule has 0 aromatic carbocycles. The molecule has 1 saturated heterocycles. The van der Waals surface area contributed by atoms with Crippen molar-refractivity contribution in [2.45, 2.75) is 130 Å². The van der Waals surface area contributed by atoms with Crippen LogP contribution >= 0.6 is 0 Å². The molecular weight excluding hydrogens is 563 g/mol. The maximum Gasteiger partial charge on any atom is 0.481 e. The van der Waals surface area contributed by atoms with Gasteiger partial charge < -0.3 is 25.7 Å². The summed E-state index contributed by atoms with van der Waals surface area (Å²) in [6, 6.07) is -0.812. The number of hydrogen-bond acceptors (Lipinski definition) is 7. The lowest BCUT2D eigenvalue weighted by Crippen LogP contribution is -2.65. The minimum atomic E-state index is -0.812. The van der Waals surface area contributed by atoms with Crippen LogP contribution in [0.4, 0.5) is 0 Å². The van der Waals surface area contributed by atoms with Gasteiger partial charge in [0, 0.05) is 13.0 Å². The van der Waals surface area contributed by atoms with Crippen LogP contribution in [0.25, 0.3) is 0 Å². The Kier molecular flexibility index (Phi) is 12.3. The fourth-order valence-electron chi connectivity index (χ4n) is 7.32. The molecule has 0 aromatic heterocycles. The Morgan fingerprint density at radius 2 is 1.86 bits per heavy atom. The van der Waals surface area contributed by atoms with Crippen molar-refractivity contribution in [1.82, 2.24) is 16.1 Å². The second-order valence-electron chi connectivity index (χ2n) is 14.6. The SMILES string of the molecule is CC(C)=CCC[C@@H](C)CC(=O)N[C@@H](CCCN=C(N)N[N+](=O)[O-])C(=O)N[C@@H](CC(C)C)B1O[C@@H]2C[C@H]3C[C@H](C3(C)C)[C@]2(C)O1. The van der Waals surface area contributed by atoms with Crippen LogP contribution in [0, 0.1) is 39.2 Å². The van der Waals surface area contributed by atoms with E-state index in [2.05, 4.69) is 70.2 Å². The molecule has 0 radical (unpaired) electrons. The van der Waals surface area contributed by atoms with E-state index in [-0.39, 0.29) is 60.0 Å². The minimum Gasteiger partial charge on any atom is -0.404 e. The van der Waals surface area contributed by atoms with Crippen LogP contribution in [0.3, 0.4) is 0 Å². The molecule has 0 unspecified atom stereocenters. The largest absolute Gasteiger partial charge is 0.481 e.